The van der Waals surface area contributed by atoms with Gasteiger partial charge in [0.15, 0.2) is 9.84 Å². The lowest BCUT2D eigenvalue weighted by molar-refractivity contribution is -0.140. The molecule has 0 aliphatic heterocycles. The van der Waals surface area contributed by atoms with Gasteiger partial charge in [-0.1, -0.05) is 43.9 Å². The van der Waals surface area contributed by atoms with Gasteiger partial charge in [-0.3, -0.25) is 4.79 Å². The van der Waals surface area contributed by atoms with Crippen LogP contribution in [0.25, 0.3) is 0 Å². The van der Waals surface area contributed by atoms with E-state index in [-0.39, 0.29) is 10.9 Å². The molecule has 22 heavy (non-hydrogen) atoms. The third-order valence-electron chi connectivity index (χ3n) is 3.45. The molecule has 0 saturated heterocycles. The van der Waals surface area contributed by atoms with E-state index in [1.807, 2.05) is 0 Å². The van der Waals surface area contributed by atoms with E-state index in [4.69, 9.17) is 11.6 Å². The standard InChI is InChI=1S/C16H23ClO4S/c1-21-16(18)13-9-4-2-3-8-12-15(17)22(19,20)14-10-6-5-7-11-14/h5-7,10-11,15H,2-4,8-9,12-13H2,1H3. The molecule has 0 heterocycles. The zero-order valence-corrected chi connectivity index (χ0v) is 14.4. The molecule has 0 aliphatic rings. The number of benzene rings is 1. The van der Waals surface area contributed by atoms with Crippen molar-refractivity contribution < 1.29 is 17.9 Å². The van der Waals surface area contributed by atoms with Crippen LogP contribution in [0.2, 0.25) is 0 Å². The summed E-state index contributed by atoms with van der Waals surface area (Å²) in [4.78, 5) is 11.2. The summed E-state index contributed by atoms with van der Waals surface area (Å²) in [6, 6.07) is 8.29. The second-order valence-electron chi connectivity index (χ2n) is 5.15. The van der Waals surface area contributed by atoms with Crippen LogP contribution in [0.15, 0.2) is 35.2 Å². The highest BCUT2D eigenvalue weighted by Gasteiger charge is 2.24. The van der Waals surface area contributed by atoms with E-state index in [0.717, 1.165) is 32.1 Å². The summed E-state index contributed by atoms with van der Waals surface area (Å²) >= 11 is 6.06. The Bertz CT molecular complexity index is 543. The van der Waals surface area contributed by atoms with Crippen LogP contribution in [0.5, 0.6) is 0 Å². The summed E-state index contributed by atoms with van der Waals surface area (Å²) < 4.78 is 28.1. The smallest absolute Gasteiger partial charge is 0.305 e. The second-order valence-corrected chi connectivity index (χ2v) is 8.07. The van der Waals surface area contributed by atoms with Gasteiger partial charge in [0, 0.05) is 6.42 Å². The van der Waals surface area contributed by atoms with E-state index < -0.39 is 14.5 Å². The third-order valence-corrected chi connectivity index (χ3v) is 6.21. The molecule has 0 saturated carbocycles. The van der Waals surface area contributed by atoms with Gasteiger partial charge in [0.25, 0.3) is 0 Å². The number of ether oxygens (including phenoxy) is 1. The van der Waals surface area contributed by atoms with Gasteiger partial charge < -0.3 is 4.74 Å². The Morgan fingerprint density at radius 3 is 2.32 bits per heavy atom. The first-order valence-electron chi connectivity index (χ1n) is 7.48. The van der Waals surface area contributed by atoms with Gasteiger partial charge in [0.1, 0.15) is 4.71 Å². The summed E-state index contributed by atoms with van der Waals surface area (Å²) in [5, 5.41) is 0. The van der Waals surface area contributed by atoms with Crippen LogP contribution in [0.3, 0.4) is 0 Å². The summed E-state index contributed by atoms with van der Waals surface area (Å²) in [5.41, 5.74) is 0. The van der Waals surface area contributed by atoms with Gasteiger partial charge in [0.05, 0.1) is 12.0 Å². The van der Waals surface area contributed by atoms with Crippen molar-refractivity contribution in [1.82, 2.24) is 0 Å². The average molecular weight is 347 g/mol. The summed E-state index contributed by atoms with van der Waals surface area (Å²) in [6.45, 7) is 0. The Kier molecular flexibility index (Phi) is 8.49. The van der Waals surface area contributed by atoms with Gasteiger partial charge in [0.2, 0.25) is 0 Å². The summed E-state index contributed by atoms with van der Waals surface area (Å²) in [6.07, 6.45) is 5.26. The predicted octanol–water partition coefficient (Wildman–Crippen LogP) is 3.93. The van der Waals surface area contributed by atoms with E-state index in [0.29, 0.717) is 12.8 Å². The fourth-order valence-electron chi connectivity index (χ4n) is 2.12. The zero-order valence-electron chi connectivity index (χ0n) is 12.8. The maximum absolute atomic E-state index is 12.2. The SMILES string of the molecule is COC(=O)CCCCCCCC(Cl)S(=O)(=O)c1ccccc1. The summed E-state index contributed by atoms with van der Waals surface area (Å²) in [7, 11) is -2.06. The van der Waals surface area contributed by atoms with Crippen molar-refractivity contribution in [3.8, 4) is 0 Å². The number of rotatable bonds is 10. The number of hydrogen-bond donors (Lipinski definition) is 0. The lowest BCUT2D eigenvalue weighted by atomic mass is 10.1. The molecule has 1 atom stereocenters. The number of methoxy groups -OCH3 is 1. The van der Waals surface area contributed by atoms with E-state index in [9.17, 15) is 13.2 Å². The van der Waals surface area contributed by atoms with Crippen molar-refractivity contribution in [3.05, 3.63) is 30.3 Å². The number of esters is 1. The molecule has 1 rings (SSSR count). The van der Waals surface area contributed by atoms with Crippen molar-refractivity contribution in [1.29, 1.82) is 0 Å². The van der Waals surface area contributed by atoms with Gasteiger partial charge in [-0.05, 0) is 25.0 Å². The Labute approximate surface area is 137 Å². The Morgan fingerprint density at radius 2 is 1.68 bits per heavy atom. The number of halogens is 1. The molecule has 0 radical (unpaired) electrons. The molecule has 1 aromatic carbocycles. The molecule has 0 bridgehead atoms. The minimum absolute atomic E-state index is 0.185. The largest absolute Gasteiger partial charge is 0.469 e. The van der Waals surface area contributed by atoms with Crippen molar-refractivity contribution in [2.75, 3.05) is 7.11 Å². The molecule has 0 aromatic heterocycles. The molecule has 0 fully saturated rings. The molecule has 0 amide bonds. The molecule has 0 spiro atoms. The van der Waals surface area contributed by atoms with E-state index in [2.05, 4.69) is 4.74 Å². The molecular weight excluding hydrogens is 324 g/mol. The van der Waals surface area contributed by atoms with Crippen molar-refractivity contribution in [3.63, 3.8) is 0 Å². The van der Waals surface area contributed by atoms with Crippen molar-refractivity contribution >= 4 is 27.4 Å². The van der Waals surface area contributed by atoms with Crippen LogP contribution in [0.1, 0.15) is 44.9 Å². The molecule has 1 unspecified atom stereocenters. The number of carbonyl (C=O) groups is 1. The first-order chi connectivity index (χ1) is 10.5. The third kappa shape index (κ3) is 6.36. The minimum Gasteiger partial charge on any atom is -0.469 e. The van der Waals surface area contributed by atoms with E-state index >= 15 is 0 Å². The minimum atomic E-state index is -3.45. The van der Waals surface area contributed by atoms with Crippen LogP contribution in [-0.2, 0) is 19.4 Å². The normalized spacial score (nSPS) is 12.8. The fourth-order valence-corrected chi connectivity index (χ4v) is 3.89. The van der Waals surface area contributed by atoms with Gasteiger partial charge >= 0.3 is 5.97 Å². The Hall–Kier alpha value is -1.07. The molecule has 4 nitrogen and oxygen atoms in total. The monoisotopic (exact) mass is 346 g/mol. The molecule has 0 aliphatic carbocycles. The lowest BCUT2D eigenvalue weighted by Gasteiger charge is -2.11. The predicted molar refractivity (Wildman–Crippen MR) is 87.6 cm³/mol. The molecule has 6 heteroatoms. The summed E-state index contributed by atoms with van der Waals surface area (Å²) in [5.74, 6) is -0.185. The molecule has 0 N–H and O–H groups in total. The fraction of sp³-hybridized carbons (Fsp3) is 0.562. The number of sulfone groups is 1. The highest BCUT2D eigenvalue weighted by Crippen LogP contribution is 2.23. The van der Waals surface area contributed by atoms with Crippen molar-refractivity contribution in [2.24, 2.45) is 0 Å². The quantitative estimate of drug-likeness (QED) is 0.366. The Morgan fingerprint density at radius 1 is 1.09 bits per heavy atom. The first-order valence-corrected chi connectivity index (χ1v) is 9.46. The molecule has 1 aromatic rings. The van der Waals surface area contributed by atoms with Crippen LogP contribution in [0, 0.1) is 0 Å². The van der Waals surface area contributed by atoms with Gasteiger partial charge in [-0.25, -0.2) is 8.42 Å². The number of carbonyl (C=O) groups excluding carboxylic acids is 1. The first kappa shape index (κ1) is 19.0. The number of alkyl halides is 1. The van der Waals surface area contributed by atoms with Crippen LogP contribution < -0.4 is 0 Å². The van der Waals surface area contributed by atoms with E-state index in [1.165, 1.54) is 7.11 Å². The highest BCUT2D eigenvalue weighted by molar-refractivity contribution is 7.93. The van der Waals surface area contributed by atoms with E-state index in [1.54, 1.807) is 30.3 Å². The van der Waals surface area contributed by atoms with Gasteiger partial charge in [-0.15, -0.1) is 11.6 Å². The molecule has 124 valence electrons. The van der Waals surface area contributed by atoms with Crippen molar-refractivity contribution in [2.45, 2.75) is 54.6 Å². The Balaban J connectivity index is 2.23. The zero-order chi connectivity index (χ0) is 16.4. The van der Waals surface area contributed by atoms with Crippen LogP contribution in [0.4, 0.5) is 0 Å². The van der Waals surface area contributed by atoms with Crippen LogP contribution >= 0.6 is 11.6 Å². The lowest BCUT2D eigenvalue weighted by Crippen LogP contribution is -2.15. The number of unbranched alkanes of at least 4 members (excludes halogenated alkanes) is 4. The maximum atomic E-state index is 12.2. The van der Waals surface area contributed by atoms with Crippen LogP contribution in [-0.4, -0.2) is 26.2 Å². The average Bonchev–Trinajstić information content (AvgIpc) is 2.54. The second kappa shape index (κ2) is 9.85. The molecular formula is C16H23ClO4S. The highest BCUT2D eigenvalue weighted by atomic mass is 35.5. The topological polar surface area (TPSA) is 60.4 Å². The maximum Gasteiger partial charge on any atom is 0.305 e. The number of hydrogen-bond acceptors (Lipinski definition) is 4. The van der Waals surface area contributed by atoms with Gasteiger partial charge in [-0.2, -0.15) is 0 Å².